The number of rotatable bonds is 5. The lowest BCUT2D eigenvalue weighted by molar-refractivity contribution is 0.0195. The van der Waals surface area contributed by atoms with Crippen LogP contribution >= 0.6 is 0 Å². The Hall–Kier alpha value is -3.13. The van der Waals surface area contributed by atoms with E-state index in [-0.39, 0.29) is 12.1 Å². The van der Waals surface area contributed by atoms with Crippen molar-refractivity contribution >= 4 is 22.5 Å². The Morgan fingerprint density at radius 3 is 2.84 bits per heavy atom. The summed E-state index contributed by atoms with van der Waals surface area (Å²) in [5.74, 6) is 1.12. The second-order valence-electron chi connectivity index (χ2n) is 8.98. The highest BCUT2D eigenvalue weighted by Crippen LogP contribution is 2.36. The maximum Gasteiger partial charge on any atom is 0.228 e. The summed E-state index contributed by atoms with van der Waals surface area (Å²) in [5, 5.41) is 18.8. The number of nitrogens with one attached hydrogen (secondary N) is 2. The third-order valence-corrected chi connectivity index (χ3v) is 5.95. The fourth-order valence-electron chi connectivity index (χ4n) is 4.26. The Morgan fingerprint density at radius 2 is 2.06 bits per heavy atom. The maximum absolute atomic E-state index is 10.2. The van der Waals surface area contributed by atoms with E-state index in [4.69, 9.17) is 14.7 Å². The van der Waals surface area contributed by atoms with E-state index in [1.165, 1.54) is 0 Å². The van der Waals surface area contributed by atoms with Gasteiger partial charge >= 0.3 is 0 Å². The van der Waals surface area contributed by atoms with Gasteiger partial charge in [0.15, 0.2) is 0 Å². The molecule has 0 atom stereocenters. The molecule has 4 aromatic heterocycles. The molecule has 0 aromatic carbocycles. The van der Waals surface area contributed by atoms with Crippen LogP contribution in [0.25, 0.3) is 27.7 Å². The molecule has 0 bridgehead atoms. The van der Waals surface area contributed by atoms with Crippen molar-refractivity contribution in [3.63, 3.8) is 0 Å². The number of hydrogen-bond acceptors (Lipinski definition) is 6. The number of aromatic amines is 1. The third kappa shape index (κ3) is 3.95. The topological polar surface area (TPSA) is 100 Å². The number of aromatic nitrogens is 5. The molecule has 31 heavy (non-hydrogen) atoms. The maximum atomic E-state index is 10.2. The summed E-state index contributed by atoms with van der Waals surface area (Å²) < 4.78 is 7.95. The number of anilines is 1. The molecule has 0 radical (unpaired) electrons. The van der Waals surface area contributed by atoms with Crippen LogP contribution in [0.3, 0.4) is 0 Å². The first kappa shape index (κ1) is 19.8. The fraction of sp³-hybridized carbons (Fsp3) is 0.435. The van der Waals surface area contributed by atoms with Crippen LogP contribution in [0.1, 0.15) is 46.5 Å². The van der Waals surface area contributed by atoms with Crippen LogP contribution in [0, 0.1) is 0 Å². The number of hydrogen-bond donors (Lipinski definition) is 3. The smallest absolute Gasteiger partial charge is 0.228 e. The van der Waals surface area contributed by atoms with E-state index in [2.05, 4.69) is 21.5 Å². The van der Waals surface area contributed by atoms with Crippen molar-refractivity contribution in [2.75, 3.05) is 5.32 Å². The van der Waals surface area contributed by atoms with E-state index in [1.54, 1.807) is 6.20 Å². The van der Waals surface area contributed by atoms with Gasteiger partial charge < -0.3 is 20.1 Å². The van der Waals surface area contributed by atoms with Crippen LogP contribution in [0.2, 0.25) is 0 Å². The van der Waals surface area contributed by atoms with Crippen molar-refractivity contribution in [2.45, 2.75) is 64.2 Å². The summed E-state index contributed by atoms with van der Waals surface area (Å²) in [4.78, 5) is 12.8. The highest BCUT2D eigenvalue weighted by Gasteiger charge is 2.29. The Morgan fingerprint density at radius 1 is 1.26 bits per heavy atom. The van der Waals surface area contributed by atoms with Gasteiger partial charge in [-0.2, -0.15) is 15.1 Å². The summed E-state index contributed by atoms with van der Waals surface area (Å²) >= 11 is 0. The number of nitrogens with zero attached hydrogens (tertiary/aromatic N) is 4. The molecule has 0 aliphatic heterocycles. The predicted molar refractivity (Wildman–Crippen MR) is 120 cm³/mol. The van der Waals surface area contributed by atoms with Gasteiger partial charge in [0.05, 0.1) is 22.6 Å². The number of H-pyrrole nitrogens is 1. The van der Waals surface area contributed by atoms with Gasteiger partial charge in [0.25, 0.3) is 0 Å². The molecule has 8 nitrogen and oxygen atoms in total. The van der Waals surface area contributed by atoms with Crippen LogP contribution in [0.4, 0.5) is 5.95 Å². The van der Waals surface area contributed by atoms with Gasteiger partial charge in [0.1, 0.15) is 5.65 Å². The molecule has 8 heteroatoms. The molecule has 162 valence electrons. The standard InChI is InChI=1S/C23H28N6O2/c1-14(2)31-21-19-18(15-7-11-29-17(12-15)6-10-25-29)13-24-20(19)27-22(28-21)26-16-4-8-23(3,30)9-5-16/h6-7,10-14,16,30H,4-5,8-9H2,1-3H3,(H2,24,26,27,28)/t16-,23+. The van der Waals surface area contributed by atoms with Gasteiger partial charge in [0.2, 0.25) is 11.8 Å². The predicted octanol–water partition coefficient (Wildman–Crippen LogP) is 4.17. The Bertz CT molecular complexity index is 1220. The van der Waals surface area contributed by atoms with E-state index in [1.807, 2.05) is 49.8 Å². The molecule has 4 aromatic rings. The molecule has 1 aliphatic carbocycles. The Labute approximate surface area is 180 Å². The normalized spacial score (nSPS) is 21.8. The van der Waals surface area contributed by atoms with Gasteiger partial charge in [-0.3, -0.25) is 0 Å². The van der Waals surface area contributed by atoms with Crippen molar-refractivity contribution < 1.29 is 9.84 Å². The van der Waals surface area contributed by atoms with Gasteiger partial charge in [-0.25, -0.2) is 4.52 Å². The van der Waals surface area contributed by atoms with Gasteiger partial charge in [0, 0.05) is 30.2 Å². The first-order valence-electron chi connectivity index (χ1n) is 10.9. The van der Waals surface area contributed by atoms with Gasteiger partial charge in [-0.05, 0) is 70.2 Å². The summed E-state index contributed by atoms with van der Waals surface area (Å²) in [6, 6.07) is 6.34. The highest BCUT2D eigenvalue weighted by molar-refractivity contribution is 5.98. The quantitative estimate of drug-likeness (QED) is 0.448. The highest BCUT2D eigenvalue weighted by atomic mass is 16.5. The minimum atomic E-state index is -0.570. The van der Waals surface area contributed by atoms with E-state index in [0.717, 1.165) is 53.4 Å². The van der Waals surface area contributed by atoms with Crippen molar-refractivity contribution in [2.24, 2.45) is 0 Å². The number of aliphatic hydroxyl groups is 1. The molecule has 4 heterocycles. The molecular weight excluding hydrogens is 392 g/mol. The van der Waals surface area contributed by atoms with Gasteiger partial charge in [-0.1, -0.05) is 0 Å². The largest absolute Gasteiger partial charge is 0.474 e. The number of pyridine rings is 1. The zero-order valence-corrected chi connectivity index (χ0v) is 18.1. The molecule has 0 amide bonds. The van der Waals surface area contributed by atoms with E-state index in [0.29, 0.717) is 11.8 Å². The minimum Gasteiger partial charge on any atom is -0.474 e. The fourth-order valence-corrected chi connectivity index (χ4v) is 4.26. The zero-order valence-electron chi connectivity index (χ0n) is 18.1. The third-order valence-electron chi connectivity index (χ3n) is 5.95. The lowest BCUT2D eigenvalue weighted by Crippen LogP contribution is -2.36. The monoisotopic (exact) mass is 420 g/mol. The first-order valence-corrected chi connectivity index (χ1v) is 10.9. The molecule has 3 N–H and O–H groups in total. The second kappa shape index (κ2) is 7.53. The zero-order chi connectivity index (χ0) is 21.6. The second-order valence-corrected chi connectivity index (χ2v) is 8.98. The molecule has 1 fully saturated rings. The molecule has 0 spiro atoms. The molecule has 0 unspecified atom stereocenters. The van der Waals surface area contributed by atoms with Gasteiger partial charge in [-0.15, -0.1) is 0 Å². The van der Waals surface area contributed by atoms with Crippen LogP contribution in [-0.4, -0.2) is 47.4 Å². The average Bonchev–Trinajstić information content (AvgIpc) is 3.35. The number of fused-ring (bicyclic) bond motifs is 2. The first-order chi connectivity index (χ1) is 14.9. The summed E-state index contributed by atoms with van der Waals surface area (Å²) in [6.45, 7) is 5.89. The SMILES string of the molecule is CC(C)Oc1nc(N[C@H]2CC[C@@](C)(O)CC2)nc2[nH]cc(-c3ccn4nccc4c3)c12. The minimum absolute atomic E-state index is 0.0178. The molecular formula is C23H28N6O2. The van der Waals surface area contributed by atoms with E-state index >= 15 is 0 Å². The van der Waals surface area contributed by atoms with Crippen LogP contribution in [-0.2, 0) is 0 Å². The lowest BCUT2D eigenvalue weighted by atomic mass is 9.84. The van der Waals surface area contributed by atoms with E-state index in [9.17, 15) is 5.11 Å². The molecule has 1 aliphatic rings. The van der Waals surface area contributed by atoms with Crippen LogP contribution in [0.5, 0.6) is 5.88 Å². The summed E-state index contributed by atoms with van der Waals surface area (Å²) in [5.41, 5.74) is 3.23. The molecule has 0 saturated heterocycles. The van der Waals surface area contributed by atoms with Crippen LogP contribution < -0.4 is 10.1 Å². The van der Waals surface area contributed by atoms with Crippen LogP contribution in [0.15, 0.2) is 36.8 Å². The Balaban J connectivity index is 1.52. The lowest BCUT2D eigenvalue weighted by Gasteiger charge is -2.33. The Kier molecular flexibility index (Phi) is 4.81. The molecule has 5 rings (SSSR count). The van der Waals surface area contributed by atoms with E-state index < -0.39 is 5.60 Å². The van der Waals surface area contributed by atoms with Crippen molar-refractivity contribution in [3.8, 4) is 17.0 Å². The number of ether oxygens (including phenoxy) is 1. The summed E-state index contributed by atoms with van der Waals surface area (Å²) in [6.07, 6.45) is 8.98. The average molecular weight is 421 g/mol. The summed E-state index contributed by atoms with van der Waals surface area (Å²) in [7, 11) is 0. The molecule has 1 saturated carbocycles. The van der Waals surface area contributed by atoms with Crippen molar-refractivity contribution in [1.29, 1.82) is 0 Å². The van der Waals surface area contributed by atoms with Crippen molar-refractivity contribution in [1.82, 2.24) is 24.6 Å². The van der Waals surface area contributed by atoms with Crippen molar-refractivity contribution in [3.05, 3.63) is 36.8 Å².